The maximum atomic E-state index is 13.1. The van der Waals surface area contributed by atoms with Gasteiger partial charge >= 0.3 is 0 Å². The molecule has 176 valence electrons. The molecular formula is C24H25Cl2NO6. The van der Waals surface area contributed by atoms with Crippen LogP contribution in [0.25, 0.3) is 5.76 Å². The van der Waals surface area contributed by atoms with Crippen LogP contribution in [0.3, 0.4) is 0 Å². The number of unbranched alkanes of at least 4 members (excludes halogenated alkanes) is 1. The number of hydrogen-bond acceptors (Lipinski definition) is 6. The van der Waals surface area contributed by atoms with Gasteiger partial charge in [0, 0.05) is 12.1 Å². The molecule has 9 heteroatoms. The minimum Gasteiger partial charge on any atom is -0.507 e. The Labute approximate surface area is 202 Å². The number of likely N-dealkylation sites (tertiary alicyclic amines) is 1. The maximum absolute atomic E-state index is 13.1. The topological polar surface area (TPSA) is 96.3 Å². The van der Waals surface area contributed by atoms with Gasteiger partial charge in [-0.15, -0.1) is 0 Å². The van der Waals surface area contributed by atoms with Gasteiger partial charge in [-0.1, -0.05) is 48.7 Å². The fourth-order valence-electron chi connectivity index (χ4n) is 3.77. The number of rotatable bonds is 9. The van der Waals surface area contributed by atoms with Crippen LogP contribution < -0.4 is 9.47 Å². The number of ketones is 1. The molecule has 0 aromatic heterocycles. The van der Waals surface area contributed by atoms with Crippen molar-refractivity contribution in [2.45, 2.75) is 25.8 Å². The molecule has 1 fully saturated rings. The molecule has 2 N–H and O–H groups in total. The number of hydrogen-bond donors (Lipinski definition) is 2. The van der Waals surface area contributed by atoms with E-state index in [0.717, 1.165) is 6.42 Å². The van der Waals surface area contributed by atoms with Crippen molar-refractivity contribution in [2.75, 3.05) is 26.9 Å². The normalized spacial score (nSPS) is 17.5. The average Bonchev–Trinajstić information content (AvgIpc) is 3.05. The standard InChI is InChI=1S/C24H25Cl2NO6/c1-3-4-8-27-20(14-6-5-7-16(11-14)33-10-9-28)19(22(30)24(27)31)21(29)15-12-17(25)23(32-2)18(26)13-15/h5-7,11-13,20,28-29H,3-4,8-10H2,1-2H3/b21-19+. The molecule has 1 aliphatic rings. The quantitative estimate of drug-likeness (QED) is 0.301. The van der Waals surface area contributed by atoms with Crippen LogP contribution in [0.2, 0.25) is 10.0 Å². The van der Waals surface area contributed by atoms with Crippen LogP contribution in [-0.4, -0.2) is 53.7 Å². The number of nitrogens with zero attached hydrogens (tertiary/aromatic N) is 1. The summed E-state index contributed by atoms with van der Waals surface area (Å²) in [6.45, 7) is 2.27. The molecule has 0 bridgehead atoms. The number of aliphatic hydroxyl groups is 2. The van der Waals surface area contributed by atoms with Gasteiger partial charge < -0.3 is 24.6 Å². The van der Waals surface area contributed by atoms with E-state index in [-0.39, 0.29) is 45.9 Å². The molecule has 3 rings (SSSR count). The molecule has 1 saturated heterocycles. The van der Waals surface area contributed by atoms with E-state index in [9.17, 15) is 14.7 Å². The molecule has 1 amide bonds. The molecule has 2 aromatic rings. The van der Waals surface area contributed by atoms with E-state index in [1.807, 2.05) is 6.92 Å². The Balaban J connectivity index is 2.17. The van der Waals surface area contributed by atoms with Crippen LogP contribution in [0.5, 0.6) is 11.5 Å². The number of aliphatic hydroxyl groups excluding tert-OH is 2. The molecule has 1 heterocycles. The molecule has 7 nitrogen and oxygen atoms in total. The molecule has 1 unspecified atom stereocenters. The molecule has 0 saturated carbocycles. The Kier molecular flexibility index (Phi) is 8.24. The second kappa shape index (κ2) is 10.9. The first-order valence-electron chi connectivity index (χ1n) is 10.5. The summed E-state index contributed by atoms with van der Waals surface area (Å²) in [5.74, 6) is -1.16. The van der Waals surface area contributed by atoms with Crippen molar-refractivity contribution in [1.82, 2.24) is 4.90 Å². The number of ether oxygens (including phenoxy) is 2. The predicted molar refractivity (Wildman–Crippen MR) is 126 cm³/mol. The van der Waals surface area contributed by atoms with Crippen molar-refractivity contribution >= 4 is 40.7 Å². The summed E-state index contributed by atoms with van der Waals surface area (Å²) in [5.41, 5.74) is 0.720. The largest absolute Gasteiger partial charge is 0.507 e. The number of carbonyl (C=O) groups excluding carboxylic acids is 2. The third kappa shape index (κ3) is 5.11. The molecule has 1 atom stereocenters. The van der Waals surface area contributed by atoms with Gasteiger partial charge in [-0.2, -0.15) is 0 Å². The molecule has 0 radical (unpaired) electrons. The number of halogens is 2. The van der Waals surface area contributed by atoms with Crippen LogP contribution in [0.1, 0.15) is 36.9 Å². The second-order valence-corrected chi connectivity index (χ2v) is 8.28. The van der Waals surface area contributed by atoms with Crippen molar-refractivity contribution in [3.05, 3.63) is 63.1 Å². The van der Waals surface area contributed by atoms with E-state index in [1.54, 1.807) is 24.3 Å². The van der Waals surface area contributed by atoms with Crippen molar-refractivity contribution in [3.8, 4) is 11.5 Å². The van der Waals surface area contributed by atoms with Crippen molar-refractivity contribution in [2.24, 2.45) is 0 Å². The molecule has 2 aromatic carbocycles. The molecule has 0 spiro atoms. The lowest BCUT2D eigenvalue weighted by Crippen LogP contribution is -2.30. The van der Waals surface area contributed by atoms with Gasteiger partial charge in [0.15, 0.2) is 5.75 Å². The van der Waals surface area contributed by atoms with E-state index < -0.39 is 17.7 Å². The summed E-state index contributed by atoms with van der Waals surface area (Å²) in [4.78, 5) is 27.4. The zero-order chi connectivity index (χ0) is 24.1. The fraction of sp³-hybridized carbons (Fsp3) is 0.333. The number of benzene rings is 2. The van der Waals surface area contributed by atoms with E-state index in [1.165, 1.54) is 24.1 Å². The van der Waals surface area contributed by atoms with E-state index in [2.05, 4.69) is 0 Å². The van der Waals surface area contributed by atoms with Crippen LogP contribution in [-0.2, 0) is 9.59 Å². The summed E-state index contributed by atoms with van der Waals surface area (Å²) in [6.07, 6.45) is 1.50. The summed E-state index contributed by atoms with van der Waals surface area (Å²) in [7, 11) is 1.41. The lowest BCUT2D eigenvalue weighted by molar-refractivity contribution is -0.139. The first-order valence-corrected chi connectivity index (χ1v) is 11.2. The minimum absolute atomic E-state index is 0.0623. The summed E-state index contributed by atoms with van der Waals surface area (Å²) in [5, 5.41) is 20.5. The van der Waals surface area contributed by atoms with E-state index in [4.69, 9.17) is 37.8 Å². The number of Topliss-reactive ketones (excluding diaryl/α,β-unsaturated/α-hetero) is 1. The van der Waals surface area contributed by atoms with Crippen molar-refractivity contribution < 1.29 is 29.3 Å². The lowest BCUT2D eigenvalue weighted by Gasteiger charge is -2.25. The van der Waals surface area contributed by atoms with Crippen molar-refractivity contribution in [1.29, 1.82) is 0 Å². The zero-order valence-electron chi connectivity index (χ0n) is 18.3. The Bertz CT molecular complexity index is 1060. The Morgan fingerprint density at radius 3 is 2.45 bits per heavy atom. The highest BCUT2D eigenvalue weighted by molar-refractivity contribution is 6.46. The van der Waals surface area contributed by atoms with E-state index >= 15 is 0 Å². The highest BCUT2D eigenvalue weighted by atomic mass is 35.5. The monoisotopic (exact) mass is 493 g/mol. The Morgan fingerprint density at radius 2 is 1.85 bits per heavy atom. The van der Waals surface area contributed by atoms with Gasteiger partial charge in [0.05, 0.1) is 35.4 Å². The SMILES string of the molecule is CCCCN1C(=O)C(=O)/C(=C(/O)c2cc(Cl)c(OC)c(Cl)c2)C1c1cccc(OCCO)c1. The number of methoxy groups -OCH3 is 1. The summed E-state index contributed by atoms with van der Waals surface area (Å²) < 4.78 is 10.6. The highest BCUT2D eigenvalue weighted by Gasteiger charge is 2.46. The maximum Gasteiger partial charge on any atom is 0.295 e. The third-order valence-electron chi connectivity index (χ3n) is 5.30. The fourth-order valence-corrected chi connectivity index (χ4v) is 4.41. The van der Waals surface area contributed by atoms with Crippen LogP contribution in [0, 0.1) is 0 Å². The van der Waals surface area contributed by atoms with E-state index in [0.29, 0.717) is 24.3 Å². The van der Waals surface area contributed by atoms with Gasteiger partial charge in [0.2, 0.25) is 0 Å². The van der Waals surface area contributed by atoms with Gasteiger partial charge in [-0.05, 0) is 36.2 Å². The summed E-state index contributed by atoms with van der Waals surface area (Å²) in [6, 6.07) is 8.91. The van der Waals surface area contributed by atoms with Crippen LogP contribution in [0.15, 0.2) is 42.0 Å². The third-order valence-corrected chi connectivity index (χ3v) is 5.86. The van der Waals surface area contributed by atoms with Crippen LogP contribution in [0.4, 0.5) is 0 Å². The lowest BCUT2D eigenvalue weighted by atomic mass is 9.95. The highest BCUT2D eigenvalue weighted by Crippen LogP contribution is 2.42. The van der Waals surface area contributed by atoms with Crippen LogP contribution >= 0.6 is 23.2 Å². The first-order chi connectivity index (χ1) is 15.8. The number of amides is 1. The minimum atomic E-state index is -0.825. The first kappa shape index (κ1) is 24.9. The van der Waals surface area contributed by atoms with Gasteiger partial charge in [0.1, 0.15) is 18.1 Å². The molecule has 1 aliphatic heterocycles. The Hall–Kier alpha value is -2.74. The van der Waals surface area contributed by atoms with Gasteiger partial charge in [-0.3, -0.25) is 9.59 Å². The molecule has 33 heavy (non-hydrogen) atoms. The van der Waals surface area contributed by atoms with Gasteiger partial charge in [0.25, 0.3) is 11.7 Å². The number of carbonyl (C=O) groups is 2. The van der Waals surface area contributed by atoms with Gasteiger partial charge in [-0.25, -0.2) is 0 Å². The second-order valence-electron chi connectivity index (χ2n) is 7.46. The summed E-state index contributed by atoms with van der Waals surface area (Å²) >= 11 is 12.5. The Morgan fingerprint density at radius 1 is 1.15 bits per heavy atom. The molecule has 0 aliphatic carbocycles. The molecular weight excluding hydrogens is 469 g/mol. The zero-order valence-corrected chi connectivity index (χ0v) is 19.8. The van der Waals surface area contributed by atoms with Crippen molar-refractivity contribution in [3.63, 3.8) is 0 Å². The smallest absolute Gasteiger partial charge is 0.295 e. The average molecular weight is 494 g/mol. The predicted octanol–water partition coefficient (Wildman–Crippen LogP) is 4.59.